The van der Waals surface area contributed by atoms with E-state index in [0.29, 0.717) is 6.04 Å². The van der Waals surface area contributed by atoms with Crippen LogP contribution in [0.1, 0.15) is 19.8 Å². The third-order valence-electron chi connectivity index (χ3n) is 2.52. The molecule has 1 aromatic carbocycles. The molecule has 1 aliphatic heterocycles. The van der Waals surface area contributed by atoms with Crippen molar-refractivity contribution in [3.05, 3.63) is 23.2 Å². The van der Waals surface area contributed by atoms with Crippen LogP contribution in [0, 0.1) is 0 Å². The van der Waals surface area contributed by atoms with Gasteiger partial charge in [-0.25, -0.2) is 0 Å². The molecule has 0 amide bonds. The molecule has 1 unspecified atom stereocenters. The Morgan fingerprint density at radius 1 is 1.43 bits per heavy atom. The fourth-order valence-electron chi connectivity index (χ4n) is 1.82. The maximum Gasteiger partial charge on any atom is 0.0591 e. The minimum Gasteiger partial charge on any atom is -0.381 e. The van der Waals surface area contributed by atoms with Gasteiger partial charge in [0.15, 0.2) is 0 Å². The van der Waals surface area contributed by atoms with Gasteiger partial charge in [0.1, 0.15) is 0 Å². The van der Waals surface area contributed by atoms with Gasteiger partial charge in [0.25, 0.3) is 0 Å². The summed E-state index contributed by atoms with van der Waals surface area (Å²) in [5.41, 5.74) is 2.28. The summed E-state index contributed by atoms with van der Waals surface area (Å²) in [4.78, 5) is 0. The molecule has 76 valence electrons. The van der Waals surface area contributed by atoms with Crippen LogP contribution in [0.15, 0.2) is 18.2 Å². The van der Waals surface area contributed by atoms with Gasteiger partial charge >= 0.3 is 0 Å². The Kier molecular flexibility index (Phi) is 2.82. The van der Waals surface area contributed by atoms with Crippen molar-refractivity contribution in [1.29, 1.82) is 0 Å². The predicted molar refractivity (Wildman–Crippen MR) is 62.3 cm³/mol. The third-order valence-corrected chi connectivity index (χ3v) is 2.75. The zero-order valence-electron chi connectivity index (χ0n) is 8.31. The van der Waals surface area contributed by atoms with E-state index in [-0.39, 0.29) is 0 Å². The number of hydrogen-bond acceptors (Lipinski definition) is 2. The van der Waals surface area contributed by atoms with E-state index in [1.54, 1.807) is 0 Å². The fraction of sp³-hybridized carbons (Fsp3) is 0.455. The standard InChI is InChI=1S/C11H15ClN2/c1-2-3-9-7-13-11-6-8(12)4-5-10(11)14-9/h4-6,9,13-14H,2-3,7H2,1H3. The lowest BCUT2D eigenvalue weighted by atomic mass is 10.1. The van der Waals surface area contributed by atoms with Gasteiger partial charge in [-0.3, -0.25) is 0 Å². The van der Waals surface area contributed by atoms with Crippen molar-refractivity contribution >= 4 is 23.0 Å². The molecule has 0 aromatic heterocycles. The van der Waals surface area contributed by atoms with Crippen LogP contribution >= 0.6 is 11.6 Å². The van der Waals surface area contributed by atoms with Crippen LogP contribution in [0.5, 0.6) is 0 Å². The van der Waals surface area contributed by atoms with E-state index in [1.165, 1.54) is 18.5 Å². The summed E-state index contributed by atoms with van der Waals surface area (Å²) in [6.45, 7) is 3.19. The minimum atomic E-state index is 0.550. The summed E-state index contributed by atoms with van der Waals surface area (Å²) in [7, 11) is 0. The number of halogens is 1. The van der Waals surface area contributed by atoms with Crippen LogP contribution < -0.4 is 10.6 Å². The molecule has 0 saturated heterocycles. The van der Waals surface area contributed by atoms with Crippen molar-refractivity contribution in [2.24, 2.45) is 0 Å². The topological polar surface area (TPSA) is 24.1 Å². The number of benzene rings is 1. The van der Waals surface area contributed by atoms with Gasteiger partial charge in [-0.2, -0.15) is 0 Å². The van der Waals surface area contributed by atoms with E-state index in [4.69, 9.17) is 11.6 Å². The van der Waals surface area contributed by atoms with Crippen molar-refractivity contribution in [1.82, 2.24) is 0 Å². The third kappa shape index (κ3) is 1.95. The zero-order valence-corrected chi connectivity index (χ0v) is 9.06. The highest BCUT2D eigenvalue weighted by atomic mass is 35.5. The Balaban J connectivity index is 2.15. The fourth-order valence-corrected chi connectivity index (χ4v) is 1.99. The highest BCUT2D eigenvalue weighted by molar-refractivity contribution is 6.31. The molecule has 0 aliphatic carbocycles. The monoisotopic (exact) mass is 210 g/mol. The lowest BCUT2D eigenvalue weighted by Crippen LogP contribution is -2.32. The van der Waals surface area contributed by atoms with E-state index < -0.39 is 0 Å². The highest BCUT2D eigenvalue weighted by Gasteiger charge is 2.15. The zero-order chi connectivity index (χ0) is 9.97. The average molecular weight is 211 g/mol. The summed E-state index contributed by atoms with van der Waals surface area (Å²) < 4.78 is 0. The number of nitrogens with one attached hydrogen (secondary N) is 2. The molecule has 0 saturated carbocycles. The van der Waals surface area contributed by atoms with E-state index >= 15 is 0 Å². The highest BCUT2D eigenvalue weighted by Crippen LogP contribution is 2.29. The first-order chi connectivity index (χ1) is 6.79. The molecule has 1 aromatic rings. The molecule has 0 fully saturated rings. The summed E-state index contributed by atoms with van der Waals surface area (Å²) in [6, 6.07) is 6.47. The van der Waals surface area contributed by atoms with Crippen LogP contribution in [0.4, 0.5) is 11.4 Å². The van der Waals surface area contributed by atoms with Crippen LogP contribution in [-0.4, -0.2) is 12.6 Å². The van der Waals surface area contributed by atoms with Crippen LogP contribution in [0.3, 0.4) is 0 Å². The summed E-state index contributed by atoms with van der Waals surface area (Å²) in [5.74, 6) is 0. The van der Waals surface area contributed by atoms with Crippen LogP contribution in [-0.2, 0) is 0 Å². The Morgan fingerprint density at radius 2 is 2.29 bits per heavy atom. The molecule has 2 rings (SSSR count). The lowest BCUT2D eigenvalue weighted by molar-refractivity contribution is 0.655. The summed E-state index contributed by atoms with van der Waals surface area (Å²) in [6.07, 6.45) is 2.41. The molecule has 2 N–H and O–H groups in total. The molecular weight excluding hydrogens is 196 g/mol. The Labute approximate surface area is 89.7 Å². The largest absolute Gasteiger partial charge is 0.381 e. The van der Waals surface area contributed by atoms with Crippen molar-refractivity contribution in [2.45, 2.75) is 25.8 Å². The average Bonchev–Trinajstić information content (AvgIpc) is 2.19. The van der Waals surface area contributed by atoms with Gasteiger partial charge in [-0.05, 0) is 24.6 Å². The van der Waals surface area contributed by atoms with Gasteiger partial charge in [0, 0.05) is 17.6 Å². The maximum absolute atomic E-state index is 5.91. The summed E-state index contributed by atoms with van der Waals surface area (Å²) >= 11 is 5.91. The molecule has 1 aliphatic rings. The number of hydrogen-bond donors (Lipinski definition) is 2. The number of rotatable bonds is 2. The first kappa shape index (κ1) is 9.66. The quantitative estimate of drug-likeness (QED) is 0.783. The second kappa shape index (κ2) is 4.09. The molecule has 0 spiro atoms. The molecule has 1 heterocycles. The Bertz CT molecular complexity index is 325. The van der Waals surface area contributed by atoms with Crippen molar-refractivity contribution < 1.29 is 0 Å². The van der Waals surface area contributed by atoms with E-state index in [2.05, 4.69) is 17.6 Å². The van der Waals surface area contributed by atoms with E-state index in [0.717, 1.165) is 17.3 Å². The van der Waals surface area contributed by atoms with Gasteiger partial charge in [0.05, 0.1) is 11.4 Å². The molecule has 1 atom stereocenters. The van der Waals surface area contributed by atoms with Crippen molar-refractivity contribution in [3.63, 3.8) is 0 Å². The first-order valence-electron chi connectivity index (χ1n) is 5.09. The predicted octanol–water partition coefficient (Wildman–Crippen LogP) is 3.35. The summed E-state index contributed by atoms with van der Waals surface area (Å²) in [5, 5.41) is 7.68. The Morgan fingerprint density at radius 3 is 3.07 bits per heavy atom. The Hall–Kier alpha value is -0.890. The SMILES string of the molecule is CCCC1CNc2cc(Cl)ccc2N1. The minimum absolute atomic E-state index is 0.550. The number of anilines is 2. The van der Waals surface area contributed by atoms with Gasteiger partial charge in [-0.15, -0.1) is 0 Å². The van der Waals surface area contributed by atoms with E-state index in [9.17, 15) is 0 Å². The van der Waals surface area contributed by atoms with Crippen LogP contribution in [0.2, 0.25) is 5.02 Å². The van der Waals surface area contributed by atoms with Crippen molar-refractivity contribution in [2.75, 3.05) is 17.2 Å². The second-order valence-electron chi connectivity index (χ2n) is 3.70. The van der Waals surface area contributed by atoms with Crippen molar-refractivity contribution in [3.8, 4) is 0 Å². The van der Waals surface area contributed by atoms with Crippen LogP contribution in [0.25, 0.3) is 0 Å². The molecule has 2 nitrogen and oxygen atoms in total. The molecular formula is C11H15ClN2. The van der Waals surface area contributed by atoms with Gasteiger partial charge in [0.2, 0.25) is 0 Å². The molecule has 0 bridgehead atoms. The maximum atomic E-state index is 5.91. The molecule has 3 heteroatoms. The normalized spacial score (nSPS) is 19.4. The molecule has 14 heavy (non-hydrogen) atoms. The number of fused-ring (bicyclic) bond motifs is 1. The lowest BCUT2D eigenvalue weighted by Gasteiger charge is -2.28. The molecule has 0 radical (unpaired) electrons. The smallest absolute Gasteiger partial charge is 0.0591 e. The van der Waals surface area contributed by atoms with Gasteiger partial charge in [-0.1, -0.05) is 24.9 Å². The van der Waals surface area contributed by atoms with Gasteiger partial charge < -0.3 is 10.6 Å². The van der Waals surface area contributed by atoms with E-state index in [1.807, 2.05) is 18.2 Å². The second-order valence-corrected chi connectivity index (χ2v) is 4.14. The first-order valence-corrected chi connectivity index (χ1v) is 5.47.